The van der Waals surface area contributed by atoms with E-state index in [4.69, 9.17) is 11.6 Å². The molecule has 1 aliphatic carbocycles. The molecule has 1 aromatic carbocycles. The summed E-state index contributed by atoms with van der Waals surface area (Å²) in [6.07, 6.45) is 7.87. The summed E-state index contributed by atoms with van der Waals surface area (Å²) in [5.41, 5.74) is 1.88. The number of fused-ring (bicyclic) bond motifs is 1. The van der Waals surface area contributed by atoms with Crippen LogP contribution >= 0.6 is 11.6 Å². The molecule has 1 aliphatic heterocycles. The fourth-order valence-electron chi connectivity index (χ4n) is 4.07. The maximum Gasteiger partial charge on any atom is 0.238 e. The first-order valence-electron chi connectivity index (χ1n) is 8.43. The Morgan fingerprint density at radius 2 is 2.05 bits per heavy atom. The number of anilines is 1. The number of amides is 1. The molecular formula is C18H25ClN2O. The molecule has 0 spiro atoms. The maximum atomic E-state index is 12.4. The van der Waals surface area contributed by atoms with E-state index in [1.165, 1.54) is 38.5 Å². The second-order valence-electron chi connectivity index (χ2n) is 6.73. The summed E-state index contributed by atoms with van der Waals surface area (Å²) in [7, 11) is 0. The minimum absolute atomic E-state index is 0.0941. The van der Waals surface area contributed by atoms with Gasteiger partial charge in [0, 0.05) is 16.8 Å². The summed E-state index contributed by atoms with van der Waals surface area (Å²) in [5, 5.41) is 3.75. The second-order valence-corrected chi connectivity index (χ2v) is 7.17. The summed E-state index contributed by atoms with van der Waals surface area (Å²) in [4.78, 5) is 14.8. The van der Waals surface area contributed by atoms with Gasteiger partial charge in [-0.05, 0) is 68.8 Å². The van der Waals surface area contributed by atoms with Crippen molar-refractivity contribution in [2.75, 3.05) is 18.4 Å². The fourth-order valence-corrected chi connectivity index (χ4v) is 4.29. The van der Waals surface area contributed by atoms with Crippen LogP contribution < -0.4 is 5.32 Å². The number of nitrogens with one attached hydrogen (secondary N) is 1. The van der Waals surface area contributed by atoms with Gasteiger partial charge in [0.05, 0.1) is 6.54 Å². The molecule has 2 atom stereocenters. The van der Waals surface area contributed by atoms with Gasteiger partial charge in [-0.25, -0.2) is 0 Å². The lowest BCUT2D eigenvalue weighted by Crippen LogP contribution is -2.49. The standard InChI is InChI=1S/C18H25ClN2O/c1-13-11-15(19)8-9-16(13)20-18(22)12-21-10-4-6-14-5-2-3-7-17(14)21/h8-9,11,14,17H,2-7,10,12H2,1H3,(H,20,22)/t14-,17+/m1/s1. The molecule has 1 saturated heterocycles. The number of hydrogen-bond acceptors (Lipinski definition) is 2. The lowest BCUT2D eigenvalue weighted by atomic mass is 9.78. The third-order valence-corrected chi connectivity index (χ3v) is 5.40. The number of carbonyl (C=O) groups excluding carboxylic acids is 1. The van der Waals surface area contributed by atoms with E-state index in [2.05, 4.69) is 10.2 Å². The lowest BCUT2D eigenvalue weighted by Gasteiger charge is -2.43. The third kappa shape index (κ3) is 3.64. The van der Waals surface area contributed by atoms with Gasteiger partial charge in [-0.15, -0.1) is 0 Å². The van der Waals surface area contributed by atoms with E-state index in [1.807, 2.05) is 25.1 Å². The zero-order valence-corrected chi connectivity index (χ0v) is 14.0. The first kappa shape index (κ1) is 15.8. The van der Waals surface area contributed by atoms with Crippen LogP contribution in [0.4, 0.5) is 5.69 Å². The highest BCUT2D eigenvalue weighted by atomic mass is 35.5. The number of likely N-dealkylation sites (tertiary alicyclic amines) is 1. The van der Waals surface area contributed by atoms with Crippen LogP contribution in [0.5, 0.6) is 0 Å². The van der Waals surface area contributed by atoms with E-state index < -0.39 is 0 Å². The van der Waals surface area contributed by atoms with E-state index in [1.54, 1.807) is 0 Å². The largest absolute Gasteiger partial charge is 0.325 e. The van der Waals surface area contributed by atoms with Crippen LogP contribution in [-0.2, 0) is 4.79 Å². The Bertz CT molecular complexity index is 544. The molecule has 22 heavy (non-hydrogen) atoms. The zero-order valence-electron chi connectivity index (χ0n) is 13.3. The predicted molar refractivity (Wildman–Crippen MR) is 91.4 cm³/mol. The molecular weight excluding hydrogens is 296 g/mol. The van der Waals surface area contributed by atoms with Gasteiger partial charge in [0.15, 0.2) is 0 Å². The predicted octanol–water partition coefficient (Wildman–Crippen LogP) is 4.24. The van der Waals surface area contributed by atoms with Crippen LogP contribution in [0.15, 0.2) is 18.2 Å². The molecule has 1 heterocycles. The Labute approximate surface area is 138 Å². The maximum absolute atomic E-state index is 12.4. The first-order valence-corrected chi connectivity index (χ1v) is 8.81. The Balaban J connectivity index is 1.61. The van der Waals surface area contributed by atoms with Gasteiger partial charge < -0.3 is 5.32 Å². The Kier molecular flexibility index (Phi) is 5.04. The molecule has 0 bridgehead atoms. The number of benzene rings is 1. The number of piperidine rings is 1. The van der Waals surface area contributed by atoms with Gasteiger partial charge in [-0.1, -0.05) is 24.4 Å². The van der Waals surface area contributed by atoms with E-state index in [0.29, 0.717) is 17.6 Å². The van der Waals surface area contributed by atoms with Crippen molar-refractivity contribution < 1.29 is 4.79 Å². The summed E-state index contributed by atoms with van der Waals surface area (Å²) >= 11 is 5.96. The van der Waals surface area contributed by atoms with Gasteiger partial charge in [-0.3, -0.25) is 9.69 Å². The average Bonchev–Trinajstić information content (AvgIpc) is 2.50. The van der Waals surface area contributed by atoms with Crippen LogP contribution in [0, 0.1) is 12.8 Å². The zero-order chi connectivity index (χ0) is 15.5. The van der Waals surface area contributed by atoms with E-state index in [-0.39, 0.29) is 5.91 Å². The van der Waals surface area contributed by atoms with Gasteiger partial charge in [0.2, 0.25) is 5.91 Å². The number of halogens is 1. The van der Waals surface area contributed by atoms with Gasteiger partial charge in [-0.2, -0.15) is 0 Å². The molecule has 0 unspecified atom stereocenters. The molecule has 3 nitrogen and oxygen atoms in total. The van der Waals surface area contributed by atoms with Gasteiger partial charge >= 0.3 is 0 Å². The molecule has 2 aliphatic rings. The smallest absolute Gasteiger partial charge is 0.238 e. The molecule has 4 heteroatoms. The van der Waals surface area contributed by atoms with Crippen LogP contribution in [0.3, 0.4) is 0 Å². The number of nitrogens with zero attached hydrogens (tertiary/aromatic N) is 1. The SMILES string of the molecule is Cc1cc(Cl)ccc1NC(=O)CN1CCC[C@H]2CCCC[C@@H]21. The van der Waals surface area contributed by atoms with Crippen LogP contribution in [-0.4, -0.2) is 29.9 Å². The molecule has 1 saturated carbocycles. The molecule has 1 aromatic rings. The molecule has 2 fully saturated rings. The van der Waals surface area contributed by atoms with Crippen molar-refractivity contribution >= 4 is 23.2 Å². The van der Waals surface area contributed by atoms with Crippen molar-refractivity contribution in [3.8, 4) is 0 Å². The summed E-state index contributed by atoms with van der Waals surface area (Å²) in [6.45, 7) is 3.55. The minimum Gasteiger partial charge on any atom is -0.325 e. The normalized spacial score (nSPS) is 25.5. The van der Waals surface area contributed by atoms with Crippen LogP contribution in [0.2, 0.25) is 5.02 Å². The van der Waals surface area contributed by atoms with Crippen molar-refractivity contribution in [3.63, 3.8) is 0 Å². The summed E-state index contributed by atoms with van der Waals surface area (Å²) < 4.78 is 0. The van der Waals surface area contributed by atoms with Crippen molar-refractivity contribution in [2.24, 2.45) is 5.92 Å². The Morgan fingerprint density at radius 1 is 1.27 bits per heavy atom. The van der Waals surface area contributed by atoms with Crippen molar-refractivity contribution in [1.82, 2.24) is 4.90 Å². The quantitative estimate of drug-likeness (QED) is 0.903. The Morgan fingerprint density at radius 3 is 2.86 bits per heavy atom. The molecule has 0 aromatic heterocycles. The fraction of sp³-hybridized carbons (Fsp3) is 0.611. The van der Waals surface area contributed by atoms with Crippen molar-refractivity contribution in [2.45, 2.75) is 51.5 Å². The lowest BCUT2D eigenvalue weighted by molar-refractivity contribution is -0.118. The minimum atomic E-state index is 0.0941. The summed E-state index contributed by atoms with van der Waals surface area (Å²) in [6, 6.07) is 6.21. The van der Waals surface area contributed by atoms with E-state index in [0.717, 1.165) is 23.7 Å². The third-order valence-electron chi connectivity index (χ3n) is 5.17. The highest BCUT2D eigenvalue weighted by molar-refractivity contribution is 6.30. The molecule has 3 rings (SSSR count). The second kappa shape index (κ2) is 7.01. The topological polar surface area (TPSA) is 32.3 Å². The van der Waals surface area contributed by atoms with Crippen molar-refractivity contribution in [1.29, 1.82) is 0 Å². The van der Waals surface area contributed by atoms with Crippen LogP contribution in [0.1, 0.15) is 44.1 Å². The van der Waals surface area contributed by atoms with Crippen LogP contribution in [0.25, 0.3) is 0 Å². The Hall–Kier alpha value is -1.06. The van der Waals surface area contributed by atoms with Gasteiger partial charge in [0.25, 0.3) is 0 Å². The molecule has 0 radical (unpaired) electrons. The first-order chi connectivity index (χ1) is 10.6. The highest BCUT2D eigenvalue weighted by Crippen LogP contribution is 2.35. The summed E-state index contributed by atoms with van der Waals surface area (Å²) in [5.74, 6) is 0.907. The van der Waals surface area contributed by atoms with E-state index in [9.17, 15) is 4.79 Å². The monoisotopic (exact) mass is 320 g/mol. The number of aryl methyl sites for hydroxylation is 1. The number of rotatable bonds is 3. The van der Waals surface area contributed by atoms with Crippen molar-refractivity contribution in [3.05, 3.63) is 28.8 Å². The molecule has 1 N–H and O–H groups in total. The highest BCUT2D eigenvalue weighted by Gasteiger charge is 2.33. The van der Waals surface area contributed by atoms with Gasteiger partial charge in [0.1, 0.15) is 0 Å². The molecule has 120 valence electrons. The number of hydrogen-bond donors (Lipinski definition) is 1. The number of carbonyl (C=O) groups is 1. The van der Waals surface area contributed by atoms with E-state index >= 15 is 0 Å². The average molecular weight is 321 g/mol. The molecule has 1 amide bonds.